The van der Waals surface area contributed by atoms with Gasteiger partial charge in [-0.2, -0.15) is 4.99 Å². The third kappa shape index (κ3) is 4.47. The number of amides is 1. The number of nitrogens with one attached hydrogen (secondary N) is 1. The van der Waals surface area contributed by atoms with E-state index in [2.05, 4.69) is 56.8 Å². The van der Waals surface area contributed by atoms with Crippen LogP contribution in [0.2, 0.25) is 0 Å². The summed E-state index contributed by atoms with van der Waals surface area (Å²) in [5, 5.41) is 16.6. The Balaban J connectivity index is 2.03. The van der Waals surface area contributed by atoms with E-state index < -0.39 is 0 Å². The number of phenols is 1. The molecule has 7 heteroatoms. The van der Waals surface area contributed by atoms with Gasteiger partial charge < -0.3 is 10.4 Å². The molecule has 1 aromatic carbocycles. The van der Waals surface area contributed by atoms with Crippen LogP contribution in [-0.2, 0) is 15.6 Å². The number of benzene rings is 1. The quantitative estimate of drug-likeness (QED) is 0.650. The van der Waals surface area contributed by atoms with Crippen molar-refractivity contribution in [1.82, 2.24) is 10.3 Å². The molecule has 2 N–H and O–H groups in total. The van der Waals surface area contributed by atoms with Gasteiger partial charge in [0.1, 0.15) is 5.75 Å². The third-order valence-corrected chi connectivity index (χ3v) is 5.89. The molecule has 0 aliphatic carbocycles. The van der Waals surface area contributed by atoms with E-state index in [1.165, 1.54) is 23.1 Å². The Labute approximate surface area is 174 Å². The van der Waals surface area contributed by atoms with Crippen molar-refractivity contribution in [3.63, 3.8) is 0 Å². The fourth-order valence-corrected chi connectivity index (χ4v) is 4.26. The number of hydrogen-bond donors (Lipinski definition) is 2. The van der Waals surface area contributed by atoms with E-state index in [9.17, 15) is 9.90 Å². The first-order valence-electron chi connectivity index (χ1n) is 9.02. The largest absolute Gasteiger partial charge is 0.507 e. The number of hydrogen-bond acceptors (Lipinski definition) is 6. The Morgan fingerprint density at radius 1 is 1.11 bits per heavy atom. The van der Waals surface area contributed by atoms with Gasteiger partial charge in [0.15, 0.2) is 5.17 Å². The van der Waals surface area contributed by atoms with Crippen molar-refractivity contribution in [2.75, 3.05) is 0 Å². The van der Waals surface area contributed by atoms with E-state index in [4.69, 9.17) is 0 Å². The summed E-state index contributed by atoms with van der Waals surface area (Å²) in [4.78, 5) is 21.5. The van der Waals surface area contributed by atoms with Crippen LogP contribution in [0.3, 0.4) is 0 Å². The molecule has 2 aromatic rings. The highest BCUT2D eigenvalue weighted by Crippen LogP contribution is 2.40. The van der Waals surface area contributed by atoms with Crippen molar-refractivity contribution in [3.05, 3.63) is 45.3 Å². The summed E-state index contributed by atoms with van der Waals surface area (Å²) in [7, 11) is 0. The third-order valence-electron chi connectivity index (χ3n) is 4.31. The maximum absolute atomic E-state index is 12.4. The van der Waals surface area contributed by atoms with Crippen LogP contribution >= 0.6 is 23.1 Å². The molecule has 5 nitrogen and oxygen atoms in total. The summed E-state index contributed by atoms with van der Waals surface area (Å²) in [5.41, 5.74) is 2.18. The molecular formula is C21H25N3O2S2. The maximum atomic E-state index is 12.4. The molecule has 0 atom stereocenters. The molecule has 2 heterocycles. The van der Waals surface area contributed by atoms with Crippen LogP contribution in [0.1, 0.15) is 58.2 Å². The molecule has 1 aliphatic heterocycles. The van der Waals surface area contributed by atoms with Gasteiger partial charge in [-0.15, -0.1) is 11.3 Å². The molecular weight excluding hydrogens is 390 g/mol. The zero-order valence-electron chi connectivity index (χ0n) is 17.0. The van der Waals surface area contributed by atoms with E-state index in [0.717, 1.165) is 16.7 Å². The first kappa shape index (κ1) is 20.6. The average Bonchev–Trinajstić information content (AvgIpc) is 3.17. The van der Waals surface area contributed by atoms with Gasteiger partial charge in [0.05, 0.1) is 4.91 Å². The highest BCUT2D eigenvalue weighted by Gasteiger charge is 2.28. The van der Waals surface area contributed by atoms with E-state index in [0.29, 0.717) is 21.0 Å². The highest BCUT2D eigenvalue weighted by molar-refractivity contribution is 8.18. The summed E-state index contributed by atoms with van der Waals surface area (Å²) >= 11 is 2.71. The predicted molar refractivity (Wildman–Crippen MR) is 118 cm³/mol. The first-order valence-corrected chi connectivity index (χ1v) is 10.7. The molecule has 0 spiro atoms. The van der Waals surface area contributed by atoms with Gasteiger partial charge in [-0.05, 0) is 46.4 Å². The number of rotatable bonds is 2. The molecule has 1 fully saturated rings. The molecule has 1 aromatic heterocycles. The molecule has 3 rings (SSSR count). The first-order chi connectivity index (χ1) is 12.9. The van der Waals surface area contributed by atoms with Gasteiger partial charge >= 0.3 is 0 Å². The Bertz CT molecular complexity index is 928. The van der Waals surface area contributed by atoms with Crippen molar-refractivity contribution >= 4 is 45.4 Å². The lowest BCUT2D eigenvalue weighted by atomic mass is 9.78. The minimum Gasteiger partial charge on any atom is -0.507 e. The predicted octanol–water partition coefficient (Wildman–Crippen LogP) is 5.34. The van der Waals surface area contributed by atoms with E-state index in [1.54, 1.807) is 6.20 Å². The van der Waals surface area contributed by atoms with Crippen LogP contribution < -0.4 is 5.32 Å². The van der Waals surface area contributed by atoms with Crippen molar-refractivity contribution in [1.29, 1.82) is 0 Å². The Morgan fingerprint density at radius 3 is 2.21 bits per heavy atom. The lowest BCUT2D eigenvalue weighted by Gasteiger charge is -2.28. The smallest absolute Gasteiger partial charge is 0.264 e. The van der Waals surface area contributed by atoms with Gasteiger partial charge in [-0.25, -0.2) is 4.98 Å². The number of aliphatic imine (C=N–C) groups is 1. The lowest BCUT2D eigenvalue weighted by molar-refractivity contribution is -0.115. The van der Waals surface area contributed by atoms with Crippen molar-refractivity contribution in [3.8, 4) is 5.75 Å². The normalized spacial score (nSPS) is 18.1. The molecule has 0 saturated carbocycles. The van der Waals surface area contributed by atoms with Crippen LogP contribution in [0.15, 0.2) is 33.6 Å². The molecule has 28 heavy (non-hydrogen) atoms. The molecule has 1 saturated heterocycles. The topological polar surface area (TPSA) is 74.6 Å². The second-order valence-corrected chi connectivity index (χ2v) is 10.7. The van der Waals surface area contributed by atoms with Gasteiger partial charge in [0.2, 0.25) is 5.13 Å². The van der Waals surface area contributed by atoms with E-state index in [1.807, 2.05) is 23.6 Å². The number of thiazole rings is 1. The fourth-order valence-electron chi connectivity index (χ4n) is 2.87. The highest BCUT2D eigenvalue weighted by atomic mass is 32.2. The van der Waals surface area contributed by atoms with Gasteiger partial charge in [0, 0.05) is 22.7 Å². The lowest BCUT2D eigenvalue weighted by Crippen LogP contribution is -2.19. The molecule has 0 radical (unpaired) electrons. The zero-order chi connectivity index (χ0) is 20.7. The number of aromatic nitrogens is 1. The molecule has 0 bridgehead atoms. The van der Waals surface area contributed by atoms with Crippen LogP contribution in [0, 0.1) is 0 Å². The fraction of sp³-hybridized carbons (Fsp3) is 0.381. The monoisotopic (exact) mass is 415 g/mol. The van der Waals surface area contributed by atoms with Crippen LogP contribution in [0.5, 0.6) is 5.75 Å². The standard InChI is InChI=1S/C21H25N3O2S2/c1-20(2,3)13-9-12(10-14(16(13)25)21(4,5)6)11-15-17(26)23-19(28-15)24-18-22-7-8-27-18/h7-11,25H,1-6H3,(H,22,23,24,26)/b15-11-. The van der Waals surface area contributed by atoms with Crippen molar-refractivity contribution in [2.24, 2.45) is 4.99 Å². The second-order valence-electron chi connectivity index (χ2n) is 8.76. The molecule has 0 unspecified atom stereocenters. The summed E-state index contributed by atoms with van der Waals surface area (Å²) in [6, 6.07) is 3.92. The van der Waals surface area contributed by atoms with Crippen LogP contribution in [0.4, 0.5) is 5.13 Å². The van der Waals surface area contributed by atoms with Gasteiger partial charge in [-0.3, -0.25) is 4.79 Å². The number of nitrogens with zero attached hydrogens (tertiary/aromatic N) is 2. The van der Waals surface area contributed by atoms with Crippen molar-refractivity contribution in [2.45, 2.75) is 52.4 Å². The van der Waals surface area contributed by atoms with Crippen molar-refractivity contribution < 1.29 is 9.90 Å². The minimum atomic E-state index is -0.221. The molecule has 1 aliphatic rings. The number of carbonyl (C=O) groups is 1. The number of amidine groups is 1. The van der Waals surface area contributed by atoms with E-state index in [-0.39, 0.29) is 16.7 Å². The summed E-state index contributed by atoms with van der Waals surface area (Å²) < 4.78 is 0. The Hall–Kier alpha value is -2.12. The molecule has 1 amide bonds. The Morgan fingerprint density at radius 2 is 1.71 bits per heavy atom. The SMILES string of the molecule is CC(C)(C)c1cc(/C=C2\S/C(=N/c3nccs3)NC2=O)cc(C(C)(C)C)c1O. The number of aromatic hydroxyl groups is 1. The Kier molecular flexibility index (Phi) is 5.42. The maximum Gasteiger partial charge on any atom is 0.264 e. The number of carbonyl (C=O) groups excluding carboxylic acids is 1. The van der Waals surface area contributed by atoms with Crippen LogP contribution in [0.25, 0.3) is 6.08 Å². The number of phenolic OH excluding ortho intramolecular Hbond substituents is 1. The van der Waals surface area contributed by atoms with E-state index >= 15 is 0 Å². The zero-order valence-corrected chi connectivity index (χ0v) is 18.6. The van der Waals surface area contributed by atoms with Crippen LogP contribution in [-0.4, -0.2) is 21.2 Å². The summed E-state index contributed by atoms with van der Waals surface area (Å²) in [6.45, 7) is 12.4. The summed E-state index contributed by atoms with van der Waals surface area (Å²) in [6.07, 6.45) is 3.54. The minimum absolute atomic E-state index is 0.178. The second kappa shape index (κ2) is 7.37. The van der Waals surface area contributed by atoms with Gasteiger partial charge in [-0.1, -0.05) is 41.5 Å². The average molecular weight is 416 g/mol. The number of thioether (sulfide) groups is 1. The molecule has 148 valence electrons. The van der Waals surface area contributed by atoms with Gasteiger partial charge in [0.25, 0.3) is 5.91 Å². The summed E-state index contributed by atoms with van der Waals surface area (Å²) in [5.74, 6) is 0.152.